The molecule has 1 amide bonds. The molecule has 6 nitrogen and oxygen atoms in total. The van der Waals surface area contributed by atoms with Crippen LogP contribution in [0.5, 0.6) is 0 Å². The molecule has 2 aromatic rings. The van der Waals surface area contributed by atoms with Crippen LogP contribution < -0.4 is 5.32 Å². The van der Waals surface area contributed by atoms with Crippen molar-refractivity contribution in [3.8, 4) is 0 Å². The maximum atomic E-state index is 12.7. The number of amides is 1. The van der Waals surface area contributed by atoms with Gasteiger partial charge in [0, 0.05) is 25.3 Å². The zero-order valence-electron chi connectivity index (χ0n) is 14.6. The van der Waals surface area contributed by atoms with Crippen LogP contribution in [0.15, 0.2) is 6.07 Å². The maximum absolute atomic E-state index is 12.7. The summed E-state index contributed by atoms with van der Waals surface area (Å²) in [4.78, 5) is 19.5. The highest BCUT2D eigenvalue weighted by Gasteiger charge is 2.32. The Morgan fingerprint density at radius 3 is 2.74 bits per heavy atom. The fourth-order valence-electron chi connectivity index (χ4n) is 3.29. The normalized spacial score (nSPS) is 16.1. The Morgan fingerprint density at radius 1 is 1.43 bits per heavy atom. The molecule has 1 fully saturated rings. The molecule has 6 heteroatoms. The molecule has 0 aliphatic heterocycles. The average Bonchev–Trinajstić information content (AvgIpc) is 3.26. The predicted molar refractivity (Wildman–Crippen MR) is 90.5 cm³/mol. The van der Waals surface area contributed by atoms with Gasteiger partial charge in [-0.25, -0.2) is 4.98 Å². The van der Waals surface area contributed by atoms with Crippen molar-refractivity contribution >= 4 is 16.9 Å². The van der Waals surface area contributed by atoms with Crippen LogP contribution in [0.3, 0.4) is 0 Å². The van der Waals surface area contributed by atoms with Crippen molar-refractivity contribution < 1.29 is 4.79 Å². The molecule has 0 radical (unpaired) electrons. The molecule has 124 valence electrons. The molecule has 2 heterocycles. The monoisotopic (exact) mass is 315 g/mol. The minimum atomic E-state index is -0.0379. The molecule has 1 aliphatic carbocycles. The van der Waals surface area contributed by atoms with Crippen molar-refractivity contribution in [3.05, 3.63) is 23.0 Å². The minimum absolute atomic E-state index is 0.0379. The van der Waals surface area contributed by atoms with E-state index in [0.717, 1.165) is 22.4 Å². The summed E-state index contributed by atoms with van der Waals surface area (Å²) >= 11 is 0. The van der Waals surface area contributed by atoms with Crippen LogP contribution in [0.2, 0.25) is 0 Å². The number of hydrogen-bond donors (Lipinski definition) is 1. The van der Waals surface area contributed by atoms with Gasteiger partial charge in [-0.1, -0.05) is 0 Å². The van der Waals surface area contributed by atoms with Gasteiger partial charge in [-0.3, -0.25) is 9.48 Å². The number of nitrogens with zero attached hydrogens (tertiary/aromatic N) is 4. The first-order valence-corrected chi connectivity index (χ1v) is 8.14. The molecule has 0 spiro atoms. The standard InChI is InChI=1S/C17H25N5O/c1-10-8-13(15-11(2)20-22(5)16(15)19-10)17(23)18-9-14(21(3)4)12-6-7-12/h8,12,14H,6-7,9H2,1-5H3,(H,18,23). The molecule has 1 saturated carbocycles. The Kier molecular flexibility index (Phi) is 4.10. The summed E-state index contributed by atoms with van der Waals surface area (Å²) in [6, 6.07) is 2.26. The third-order valence-corrected chi connectivity index (χ3v) is 4.64. The second kappa shape index (κ2) is 5.92. The van der Waals surface area contributed by atoms with E-state index in [1.165, 1.54) is 12.8 Å². The Balaban J connectivity index is 1.86. The number of aryl methyl sites for hydroxylation is 3. The van der Waals surface area contributed by atoms with Gasteiger partial charge in [0.25, 0.3) is 5.91 Å². The summed E-state index contributed by atoms with van der Waals surface area (Å²) in [5.41, 5.74) is 3.11. The highest BCUT2D eigenvalue weighted by atomic mass is 16.1. The highest BCUT2D eigenvalue weighted by Crippen LogP contribution is 2.34. The highest BCUT2D eigenvalue weighted by molar-refractivity contribution is 6.06. The SMILES string of the molecule is Cc1cc(C(=O)NCC(C2CC2)N(C)C)c2c(C)nn(C)c2n1. The quantitative estimate of drug-likeness (QED) is 0.911. The number of pyridine rings is 1. The van der Waals surface area contributed by atoms with Gasteiger partial charge >= 0.3 is 0 Å². The van der Waals surface area contributed by atoms with Gasteiger partial charge in [-0.2, -0.15) is 5.10 Å². The molecule has 23 heavy (non-hydrogen) atoms. The number of carbonyl (C=O) groups is 1. The van der Waals surface area contributed by atoms with Crippen molar-refractivity contribution in [1.82, 2.24) is 25.0 Å². The van der Waals surface area contributed by atoms with Crippen molar-refractivity contribution in [2.75, 3.05) is 20.6 Å². The summed E-state index contributed by atoms with van der Waals surface area (Å²) in [5.74, 6) is 0.675. The number of fused-ring (bicyclic) bond motifs is 1. The molecular formula is C17H25N5O. The van der Waals surface area contributed by atoms with Gasteiger partial charge in [0.1, 0.15) is 0 Å². The molecule has 1 aliphatic rings. The van der Waals surface area contributed by atoms with E-state index in [1.54, 1.807) is 4.68 Å². The van der Waals surface area contributed by atoms with Gasteiger partial charge in [0.2, 0.25) is 0 Å². The predicted octanol–water partition coefficient (Wildman–Crippen LogP) is 1.66. The van der Waals surface area contributed by atoms with Crippen LogP contribution in [0.1, 0.15) is 34.6 Å². The zero-order valence-corrected chi connectivity index (χ0v) is 14.6. The molecule has 0 bridgehead atoms. The van der Waals surface area contributed by atoms with Crippen LogP contribution in [-0.4, -0.2) is 52.3 Å². The lowest BCUT2D eigenvalue weighted by molar-refractivity contribution is 0.0940. The Labute approximate surface area is 136 Å². The lowest BCUT2D eigenvalue weighted by Gasteiger charge is -2.24. The minimum Gasteiger partial charge on any atom is -0.350 e. The lowest BCUT2D eigenvalue weighted by atomic mass is 10.1. The molecule has 1 N–H and O–H groups in total. The van der Waals surface area contributed by atoms with E-state index in [1.807, 2.05) is 27.0 Å². The maximum Gasteiger partial charge on any atom is 0.252 e. The van der Waals surface area contributed by atoms with E-state index in [9.17, 15) is 4.79 Å². The molecular weight excluding hydrogens is 290 g/mol. The molecule has 2 aromatic heterocycles. The third kappa shape index (κ3) is 3.08. The van der Waals surface area contributed by atoms with Gasteiger partial charge in [0.05, 0.1) is 16.6 Å². The zero-order chi connectivity index (χ0) is 16.7. The second-order valence-corrected chi connectivity index (χ2v) is 6.80. The number of aromatic nitrogens is 3. The number of carbonyl (C=O) groups excluding carboxylic acids is 1. The Morgan fingerprint density at radius 2 is 2.13 bits per heavy atom. The summed E-state index contributed by atoms with van der Waals surface area (Å²) in [7, 11) is 6.02. The van der Waals surface area contributed by atoms with Gasteiger partial charge in [-0.05, 0) is 52.8 Å². The summed E-state index contributed by atoms with van der Waals surface area (Å²) < 4.78 is 1.74. The third-order valence-electron chi connectivity index (χ3n) is 4.64. The largest absolute Gasteiger partial charge is 0.350 e. The number of likely N-dealkylation sites (N-methyl/N-ethyl adjacent to an activating group) is 1. The first kappa shape index (κ1) is 15.9. The first-order chi connectivity index (χ1) is 10.9. The van der Waals surface area contributed by atoms with Gasteiger partial charge in [0.15, 0.2) is 5.65 Å². The summed E-state index contributed by atoms with van der Waals surface area (Å²) in [6.45, 7) is 4.51. The van der Waals surface area contributed by atoms with Crippen LogP contribution in [0, 0.1) is 19.8 Å². The van der Waals surface area contributed by atoms with E-state index in [0.29, 0.717) is 24.1 Å². The Bertz CT molecular complexity index is 743. The first-order valence-electron chi connectivity index (χ1n) is 8.14. The van der Waals surface area contributed by atoms with Crippen molar-refractivity contribution in [2.45, 2.75) is 32.7 Å². The van der Waals surface area contributed by atoms with Crippen molar-refractivity contribution in [1.29, 1.82) is 0 Å². The van der Waals surface area contributed by atoms with E-state index < -0.39 is 0 Å². The summed E-state index contributed by atoms with van der Waals surface area (Å²) in [6.07, 6.45) is 2.53. The van der Waals surface area contributed by atoms with Crippen LogP contribution >= 0.6 is 0 Å². The number of nitrogens with one attached hydrogen (secondary N) is 1. The molecule has 1 atom stereocenters. The van der Waals surface area contributed by atoms with Crippen LogP contribution in [0.4, 0.5) is 0 Å². The molecule has 3 rings (SSSR count). The second-order valence-electron chi connectivity index (χ2n) is 6.80. The van der Waals surface area contributed by atoms with Crippen LogP contribution in [0.25, 0.3) is 11.0 Å². The Hall–Kier alpha value is -1.95. The average molecular weight is 315 g/mol. The fraction of sp³-hybridized carbons (Fsp3) is 0.588. The van der Waals surface area contributed by atoms with Gasteiger partial charge < -0.3 is 10.2 Å². The van der Waals surface area contributed by atoms with Crippen LogP contribution in [-0.2, 0) is 7.05 Å². The number of rotatable bonds is 5. The van der Waals surface area contributed by atoms with Crippen molar-refractivity contribution in [2.24, 2.45) is 13.0 Å². The topological polar surface area (TPSA) is 63.1 Å². The van der Waals surface area contributed by atoms with E-state index in [-0.39, 0.29) is 5.91 Å². The molecule has 0 aromatic carbocycles. The van der Waals surface area contributed by atoms with E-state index >= 15 is 0 Å². The van der Waals surface area contributed by atoms with E-state index in [4.69, 9.17) is 0 Å². The summed E-state index contributed by atoms with van der Waals surface area (Å²) in [5, 5.41) is 8.36. The number of hydrogen-bond acceptors (Lipinski definition) is 4. The molecule has 1 unspecified atom stereocenters. The van der Waals surface area contributed by atoms with Gasteiger partial charge in [-0.15, -0.1) is 0 Å². The lowest BCUT2D eigenvalue weighted by Crippen LogP contribution is -2.41. The fourth-order valence-corrected chi connectivity index (χ4v) is 3.29. The van der Waals surface area contributed by atoms with E-state index in [2.05, 4.69) is 34.4 Å². The smallest absolute Gasteiger partial charge is 0.252 e. The van der Waals surface area contributed by atoms with Crippen molar-refractivity contribution in [3.63, 3.8) is 0 Å². The molecule has 0 saturated heterocycles.